The van der Waals surface area contributed by atoms with Crippen LogP contribution in [0.3, 0.4) is 0 Å². The van der Waals surface area contributed by atoms with Gasteiger partial charge < -0.3 is 5.73 Å². The molecule has 2 aromatic rings. The second-order valence-electron chi connectivity index (χ2n) is 4.35. The molecule has 1 aromatic heterocycles. The summed E-state index contributed by atoms with van der Waals surface area (Å²) in [6.45, 7) is 3.79. The van der Waals surface area contributed by atoms with Crippen molar-refractivity contribution in [2.75, 3.05) is 0 Å². The first kappa shape index (κ1) is 13.1. The summed E-state index contributed by atoms with van der Waals surface area (Å²) in [6, 6.07) is 4.00. The van der Waals surface area contributed by atoms with Gasteiger partial charge >= 0.3 is 0 Å². The van der Waals surface area contributed by atoms with E-state index in [9.17, 15) is 4.39 Å². The molecule has 0 spiro atoms. The van der Waals surface area contributed by atoms with Crippen molar-refractivity contribution in [2.45, 2.75) is 19.9 Å². The molecule has 1 unspecified atom stereocenters. The van der Waals surface area contributed by atoms with Gasteiger partial charge in [-0.2, -0.15) is 5.10 Å². The van der Waals surface area contributed by atoms with Gasteiger partial charge in [0.05, 0.1) is 11.7 Å². The summed E-state index contributed by atoms with van der Waals surface area (Å²) in [5.74, 6) is -0.391. The van der Waals surface area contributed by atoms with E-state index in [-0.39, 0.29) is 0 Å². The van der Waals surface area contributed by atoms with Gasteiger partial charge in [-0.05, 0) is 26.0 Å². The van der Waals surface area contributed by atoms with Crippen molar-refractivity contribution in [1.82, 2.24) is 9.78 Å². The van der Waals surface area contributed by atoms with Crippen LogP contribution in [-0.2, 0) is 7.05 Å². The number of aromatic nitrogens is 2. The molecule has 1 atom stereocenters. The predicted molar refractivity (Wildman–Crippen MR) is 70.1 cm³/mol. The van der Waals surface area contributed by atoms with Crippen LogP contribution in [0, 0.1) is 19.7 Å². The van der Waals surface area contributed by atoms with Gasteiger partial charge in [-0.25, -0.2) is 4.39 Å². The Morgan fingerprint density at radius 2 is 2.06 bits per heavy atom. The number of halogens is 2. The van der Waals surface area contributed by atoms with Crippen LogP contribution >= 0.6 is 11.6 Å². The summed E-state index contributed by atoms with van der Waals surface area (Å²) in [7, 11) is 1.84. The van der Waals surface area contributed by atoms with Crippen LogP contribution in [0.2, 0.25) is 5.02 Å². The van der Waals surface area contributed by atoms with Gasteiger partial charge in [0.2, 0.25) is 0 Å². The molecule has 18 heavy (non-hydrogen) atoms. The zero-order valence-corrected chi connectivity index (χ0v) is 11.3. The average Bonchev–Trinajstić information content (AvgIpc) is 2.52. The number of hydrogen-bond acceptors (Lipinski definition) is 2. The topological polar surface area (TPSA) is 43.8 Å². The van der Waals surface area contributed by atoms with E-state index in [4.69, 9.17) is 17.3 Å². The zero-order chi connectivity index (χ0) is 13.4. The number of hydrogen-bond donors (Lipinski definition) is 1. The number of nitrogens with two attached hydrogens (primary N) is 1. The standard InChI is InChI=1S/C13H15ClFN3/c1-7-12(8(2)18(3)17-7)13(16)10-5-4-9(14)6-11(10)15/h4-6,13H,16H2,1-3H3. The van der Waals surface area contributed by atoms with Gasteiger partial charge in [0.25, 0.3) is 0 Å². The third-order valence-electron chi connectivity index (χ3n) is 3.17. The highest BCUT2D eigenvalue weighted by atomic mass is 35.5. The number of nitrogens with zero attached hydrogens (tertiary/aromatic N) is 2. The van der Waals surface area contributed by atoms with Gasteiger partial charge in [0.1, 0.15) is 5.82 Å². The third kappa shape index (κ3) is 2.13. The highest BCUT2D eigenvalue weighted by Gasteiger charge is 2.20. The molecule has 5 heteroatoms. The van der Waals surface area contributed by atoms with Crippen LogP contribution in [0.15, 0.2) is 18.2 Å². The third-order valence-corrected chi connectivity index (χ3v) is 3.41. The first-order chi connectivity index (χ1) is 8.41. The molecule has 2 N–H and O–H groups in total. The minimum Gasteiger partial charge on any atom is -0.320 e. The largest absolute Gasteiger partial charge is 0.320 e. The van der Waals surface area contributed by atoms with Crippen molar-refractivity contribution >= 4 is 11.6 Å². The lowest BCUT2D eigenvalue weighted by atomic mass is 9.97. The maximum Gasteiger partial charge on any atom is 0.129 e. The first-order valence-corrected chi connectivity index (χ1v) is 6.00. The Labute approximate surface area is 110 Å². The van der Waals surface area contributed by atoms with Crippen LogP contribution in [0.1, 0.15) is 28.6 Å². The van der Waals surface area contributed by atoms with Crippen LogP contribution < -0.4 is 5.73 Å². The molecule has 0 bridgehead atoms. The molecule has 1 heterocycles. The summed E-state index contributed by atoms with van der Waals surface area (Å²) < 4.78 is 15.6. The summed E-state index contributed by atoms with van der Waals surface area (Å²) in [4.78, 5) is 0. The Bertz CT molecular complexity index is 592. The Kier molecular flexibility index (Phi) is 3.41. The van der Waals surface area contributed by atoms with Crippen LogP contribution in [0.4, 0.5) is 4.39 Å². The van der Waals surface area contributed by atoms with Crippen molar-refractivity contribution in [2.24, 2.45) is 12.8 Å². The van der Waals surface area contributed by atoms with E-state index >= 15 is 0 Å². The van der Waals surface area contributed by atoms with E-state index in [2.05, 4.69) is 5.10 Å². The number of benzene rings is 1. The summed E-state index contributed by atoms with van der Waals surface area (Å²) in [6.07, 6.45) is 0. The fraction of sp³-hybridized carbons (Fsp3) is 0.308. The second-order valence-corrected chi connectivity index (χ2v) is 4.79. The molecule has 0 aliphatic heterocycles. The quantitative estimate of drug-likeness (QED) is 0.909. The molecule has 0 fully saturated rings. The Morgan fingerprint density at radius 1 is 1.39 bits per heavy atom. The highest BCUT2D eigenvalue weighted by molar-refractivity contribution is 6.30. The fourth-order valence-corrected chi connectivity index (χ4v) is 2.31. The minimum atomic E-state index is -0.532. The molecule has 1 aromatic carbocycles. The highest BCUT2D eigenvalue weighted by Crippen LogP contribution is 2.28. The molecule has 0 aliphatic carbocycles. The summed E-state index contributed by atoms with van der Waals surface area (Å²) in [5.41, 5.74) is 9.19. The van der Waals surface area contributed by atoms with E-state index in [0.29, 0.717) is 10.6 Å². The van der Waals surface area contributed by atoms with Gasteiger partial charge in [-0.15, -0.1) is 0 Å². The summed E-state index contributed by atoms with van der Waals surface area (Å²) in [5, 5.41) is 4.66. The van der Waals surface area contributed by atoms with Crippen molar-refractivity contribution in [3.8, 4) is 0 Å². The van der Waals surface area contributed by atoms with E-state index in [1.54, 1.807) is 16.8 Å². The van der Waals surface area contributed by atoms with Gasteiger partial charge in [-0.1, -0.05) is 17.7 Å². The predicted octanol–water partition coefficient (Wildman–Crippen LogP) is 2.88. The van der Waals surface area contributed by atoms with Crippen molar-refractivity contribution in [1.29, 1.82) is 0 Å². The minimum absolute atomic E-state index is 0.364. The average molecular weight is 268 g/mol. The molecule has 0 amide bonds. The molecule has 0 radical (unpaired) electrons. The van der Waals surface area contributed by atoms with Crippen LogP contribution in [0.25, 0.3) is 0 Å². The maximum absolute atomic E-state index is 13.9. The molecular weight excluding hydrogens is 253 g/mol. The first-order valence-electron chi connectivity index (χ1n) is 5.62. The molecule has 2 rings (SSSR count). The van der Waals surface area contributed by atoms with E-state index in [0.717, 1.165) is 17.0 Å². The van der Waals surface area contributed by atoms with Gasteiger partial charge in [0.15, 0.2) is 0 Å². The van der Waals surface area contributed by atoms with Crippen molar-refractivity contribution in [3.63, 3.8) is 0 Å². The molecule has 0 aliphatic rings. The smallest absolute Gasteiger partial charge is 0.129 e. The van der Waals surface area contributed by atoms with E-state index in [1.165, 1.54) is 6.07 Å². The number of aryl methyl sites for hydroxylation is 2. The lowest BCUT2D eigenvalue weighted by Gasteiger charge is -2.14. The molecule has 0 saturated carbocycles. The van der Waals surface area contributed by atoms with Crippen molar-refractivity contribution < 1.29 is 4.39 Å². The Balaban J connectivity index is 2.51. The van der Waals surface area contributed by atoms with Crippen molar-refractivity contribution in [3.05, 3.63) is 51.6 Å². The monoisotopic (exact) mass is 267 g/mol. The Hall–Kier alpha value is -1.39. The molecular formula is C13H15ClFN3. The van der Waals surface area contributed by atoms with Crippen LogP contribution in [0.5, 0.6) is 0 Å². The maximum atomic E-state index is 13.9. The summed E-state index contributed by atoms with van der Waals surface area (Å²) >= 11 is 5.74. The second kappa shape index (κ2) is 4.71. The molecule has 0 saturated heterocycles. The Morgan fingerprint density at radius 3 is 2.56 bits per heavy atom. The zero-order valence-electron chi connectivity index (χ0n) is 10.5. The fourth-order valence-electron chi connectivity index (χ4n) is 2.15. The lowest BCUT2D eigenvalue weighted by molar-refractivity contribution is 0.598. The van der Waals surface area contributed by atoms with Crippen LogP contribution in [-0.4, -0.2) is 9.78 Å². The van der Waals surface area contributed by atoms with E-state index < -0.39 is 11.9 Å². The molecule has 3 nitrogen and oxygen atoms in total. The normalized spacial score (nSPS) is 12.8. The van der Waals surface area contributed by atoms with Gasteiger partial charge in [0, 0.05) is 28.9 Å². The van der Waals surface area contributed by atoms with E-state index in [1.807, 2.05) is 20.9 Å². The lowest BCUT2D eigenvalue weighted by Crippen LogP contribution is -2.15. The molecule has 96 valence electrons. The SMILES string of the molecule is Cc1nn(C)c(C)c1C(N)c1ccc(Cl)cc1F. The van der Waals surface area contributed by atoms with Gasteiger partial charge in [-0.3, -0.25) is 4.68 Å². The number of rotatable bonds is 2.